The molecule has 5 saturated heterocycles. The lowest BCUT2D eigenvalue weighted by Crippen LogP contribution is -2.61. The highest BCUT2D eigenvalue weighted by molar-refractivity contribution is 6.12. The van der Waals surface area contributed by atoms with Gasteiger partial charge in [-0.05, 0) is 69.0 Å². The molecular weight excluding hydrogens is 573 g/mol. The number of amides is 1. The Morgan fingerprint density at radius 3 is 2.77 bits per heavy atom. The molecule has 6 aliphatic heterocycles. The smallest absolute Gasteiger partial charge is 0.319 e. The van der Waals surface area contributed by atoms with Crippen LogP contribution in [0.3, 0.4) is 0 Å². The second-order valence-corrected chi connectivity index (χ2v) is 12.9. The average molecular weight is 609 g/mol. The van der Waals surface area contributed by atoms with Gasteiger partial charge in [0.25, 0.3) is 5.91 Å². The topological polar surface area (TPSA) is 94.1 Å². The van der Waals surface area contributed by atoms with E-state index < -0.39 is 17.5 Å². The summed E-state index contributed by atoms with van der Waals surface area (Å²) < 4.78 is 49.6. The van der Waals surface area contributed by atoms with Crippen LogP contribution in [-0.4, -0.2) is 89.0 Å². The van der Waals surface area contributed by atoms with Gasteiger partial charge in [-0.3, -0.25) is 9.69 Å². The van der Waals surface area contributed by atoms with Crippen LogP contribution in [0, 0.1) is 11.6 Å². The third kappa shape index (κ3) is 4.32. The molecule has 0 radical (unpaired) electrons. The van der Waals surface area contributed by atoms with Crippen molar-refractivity contribution in [3.63, 3.8) is 0 Å². The number of fused-ring (bicyclic) bond motifs is 6. The largest absolute Gasteiger partial charge is 0.508 e. The Bertz CT molecular complexity index is 1650. The monoisotopic (exact) mass is 608 g/mol. The number of nitrogens with one attached hydrogen (secondary N) is 1. The molecule has 1 amide bonds. The first-order chi connectivity index (χ1) is 21.3. The second-order valence-electron chi connectivity index (χ2n) is 12.9. The molecule has 2 bridgehead atoms. The number of piperazine rings is 1. The van der Waals surface area contributed by atoms with Crippen molar-refractivity contribution in [3.05, 3.63) is 47.2 Å². The summed E-state index contributed by atoms with van der Waals surface area (Å²) in [5.41, 5.74) is 0.678. The molecule has 0 spiro atoms. The van der Waals surface area contributed by atoms with E-state index in [1.54, 1.807) is 0 Å². The summed E-state index contributed by atoms with van der Waals surface area (Å²) >= 11 is 0. The van der Waals surface area contributed by atoms with E-state index in [0.717, 1.165) is 64.2 Å². The molecule has 4 atom stereocenters. The lowest BCUT2D eigenvalue weighted by molar-refractivity contribution is 0.0765. The highest BCUT2D eigenvalue weighted by Gasteiger charge is 2.50. The number of rotatable bonds is 6. The number of aromatic hydroxyl groups is 1. The molecular formula is C32H35F3N6O3. The van der Waals surface area contributed by atoms with Crippen LogP contribution in [0.25, 0.3) is 10.8 Å². The van der Waals surface area contributed by atoms with Crippen molar-refractivity contribution in [3.8, 4) is 11.8 Å². The lowest BCUT2D eigenvalue weighted by atomic mass is 9.92. The van der Waals surface area contributed by atoms with Crippen molar-refractivity contribution >= 4 is 28.2 Å². The van der Waals surface area contributed by atoms with Crippen molar-refractivity contribution in [2.75, 3.05) is 49.3 Å². The van der Waals surface area contributed by atoms with Gasteiger partial charge in [0, 0.05) is 54.8 Å². The van der Waals surface area contributed by atoms with Gasteiger partial charge in [0.05, 0.1) is 11.2 Å². The maximum atomic E-state index is 15.2. The predicted octanol–water partition coefficient (Wildman–Crippen LogP) is 4.10. The third-order valence-corrected chi connectivity index (χ3v) is 10.6. The number of carbonyl (C=O) groups excluding carboxylic acids is 1. The minimum Gasteiger partial charge on any atom is -0.508 e. The number of aromatic nitrogens is 2. The van der Waals surface area contributed by atoms with Crippen LogP contribution in [0.2, 0.25) is 0 Å². The Hall–Kier alpha value is -3.64. The summed E-state index contributed by atoms with van der Waals surface area (Å²) in [7, 11) is 0. The first-order valence-electron chi connectivity index (χ1n) is 15.6. The molecule has 3 aromatic rings. The summed E-state index contributed by atoms with van der Waals surface area (Å²) in [6, 6.07) is 5.55. The Labute approximate surface area is 253 Å². The molecule has 2 aromatic carbocycles. The zero-order chi connectivity index (χ0) is 30.2. The van der Waals surface area contributed by atoms with Crippen LogP contribution in [0.15, 0.2) is 24.3 Å². The molecule has 2 N–H and O–H groups in total. The van der Waals surface area contributed by atoms with E-state index in [2.05, 4.69) is 20.1 Å². The SMILES string of the molecule is O=C1c2nc(OC[C@]34CCCN3[C@@H](CF)CC4)nc(N3CC4CCC3CN4)c2CCN1c1cc(O)cc2ccc(F)c(F)c12. The van der Waals surface area contributed by atoms with Crippen LogP contribution in [0.1, 0.15) is 54.6 Å². The van der Waals surface area contributed by atoms with E-state index in [-0.39, 0.29) is 64.8 Å². The molecule has 5 fully saturated rings. The molecule has 7 heterocycles. The van der Waals surface area contributed by atoms with Crippen LogP contribution in [0.4, 0.5) is 24.7 Å². The van der Waals surface area contributed by atoms with Gasteiger partial charge < -0.3 is 25.0 Å². The van der Waals surface area contributed by atoms with Crippen molar-refractivity contribution in [1.29, 1.82) is 0 Å². The number of ether oxygens (including phenoxy) is 1. The van der Waals surface area contributed by atoms with Crippen LogP contribution in [-0.2, 0) is 6.42 Å². The van der Waals surface area contributed by atoms with Gasteiger partial charge >= 0.3 is 6.01 Å². The number of benzene rings is 2. The van der Waals surface area contributed by atoms with Gasteiger partial charge in [0.2, 0.25) is 0 Å². The zero-order valence-electron chi connectivity index (χ0n) is 24.4. The molecule has 6 aliphatic rings. The number of carbonyl (C=O) groups is 1. The van der Waals surface area contributed by atoms with E-state index in [1.807, 2.05) is 0 Å². The number of phenols is 1. The fraction of sp³-hybridized carbons (Fsp3) is 0.531. The maximum Gasteiger partial charge on any atom is 0.319 e. The van der Waals surface area contributed by atoms with Crippen molar-refractivity contribution < 1.29 is 27.8 Å². The summed E-state index contributed by atoms with van der Waals surface area (Å²) in [5.74, 6) is -2.09. The highest BCUT2D eigenvalue weighted by atomic mass is 19.2. The number of halogens is 3. The average Bonchev–Trinajstić information content (AvgIpc) is 3.61. The summed E-state index contributed by atoms with van der Waals surface area (Å²) in [6.07, 6.45) is 5.97. The number of piperidine rings is 2. The second kappa shape index (κ2) is 10.5. The van der Waals surface area contributed by atoms with E-state index in [4.69, 9.17) is 9.72 Å². The quantitative estimate of drug-likeness (QED) is 0.432. The fourth-order valence-electron chi connectivity index (χ4n) is 8.36. The van der Waals surface area contributed by atoms with Crippen LogP contribution < -0.4 is 19.9 Å². The number of hydrogen-bond acceptors (Lipinski definition) is 8. The fourth-order valence-corrected chi connectivity index (χ4v) is 8.36. The summed E-state index contributed by atoms with van der Waals surface area (Å²) in [4.78, 5) is 29.7. The maximum absolute atomic E-state index is 15.2. The van der Waals surface area contributed by atoms with Gasteiger partial charge in [-0.15, -0.1) is 0 Å². The normalized spacial score (nSPS) is 28.2. The van der Waals surface area contributed by atoms with Crippen molar-refractivity contribution in [1.82, 2.24) is 20.2 Å². The molecule has 232 valence electrons. The van der Waals surface area contributed by atoms with Gasteiger partial charge in [-0.1, -0.05) is 6.07 Å². The molecule has 2 unspecified atom stereocenters. The molecule has 0 saturated carbocycles. The number of alkyl halides is 1. The Morgan fingerprint density at radius 2 is 2.00 bits per heavy atom. The minimum absolute atomic E-state index is 0.0751. The van der Waals surface area contributed by atoms with Gasteiger partial charge in [-0.25, -0.2) is 13.2 Å². The molecule has 9 rings (SSSR count). The van der Waals surface area contributed by atoms with Gasteiger partial charge in [0.15, 0.2) is 11.6 Å². The van der Waals surface area contributed by atoms with Crippen LogP contribution >= 0.6 is 0 Å². The van der Waals surface area contributed by atoms with Crippen molar-refractivity contribution in [2.45, 2.75) is 68.6 Å². The molecule has 44 heavy (non-hydrogen) atoms. The first kappa shape index (κ1) is 27.9. The van der Waals surface area contributed by atoms with Crippen LogP contribution in [0.5, 0.6) is 11.8 Å². The minimum atomic E-state index is -1.08. The van der Waals surface area contributed by atoms with Crippen molar-refractivity contribution in [2.24, 2.45) is 0 Å². The Balaban J connectivity index is 1.19. The summed E-state index contributed by atoms with van der Waals surface area (Å²) in [5, 5.41) is 14.2. The standard InChI is InChI=1S/C32H35F3N6O3/c33-14-20-6-9-32(8-1-10-41(20)32)17-44-31-37-28-23(29(38-31)40-16-19-3-4-21(40)15-36-19)7-11-39(30(28)43)25-13-22(42)12-18-2-5-24(34)27(35)26(18)25/h2,5,12-13,19-21,36,42H,1,3-4,6-11,14-17H2/t19?,20-,21?,32-/m1/s1. The zero-order valence-corrected chi connectivity index (χ0v) is 24.4. The van der Waals surface area contributed by atoms with E-state index in [9.17, 15) is 18.7 Å². The number of hydrogen-bond donors (Lipinski definition) is 2. The first-order valence-corrected chi connectivity index (χ1v) is 15.6. The van der Waals surface area contributed by atoms with E-state index >= 15 is 4.39 Å². The molecule has 1 aromatic heterocycles. The third-order valence-electron chi connectivity index (χ3n) is 10.6. The molecule has 9 nitrogen and oxygen atoms in total. The Morgan fingerprint density at radius 1 is 1.11 bits per heavy atom. The van der Waals surface area contributed by atoms with Gasteiger partial charge in [-0.2, -0.15) is 9.97 Å². The van der Waals surface area contributed by atoms with E-state index in [0.29, 0.717) is 30.5 Å². The van der Waals surface area contributed by atoms with E-state index in [1.165, 1.54) is 23.1 Å². The van der Waals surface area contributed by atoms with Gasteiger partial charge in [0.1, 0.15) is 30.5 Å². The lowest BCUT2D eigenvalue weighted by Gasteiger charge is -2.47. The molecule has 12 heteroatoms. The Kier molecular flexibility index (Phi) is 6.64. The number of anilines is 2. The number of phenolic OH excluding ortho intramolecular Hbond substituents is 1. The molecule has 0 aliphatic carbocycles. The summed E-state index contributed by atoms with van der Waals surface area (Å²) in [6.45, 7) is 2.51. The number of nitrogens with zero attached hydrogens (tertiary/aromatic N) is 5. The highest BCUT2D eigenvalue weighted by Crippen LogP contribution is 2.43. The predicted molar refractivity (Wildman–Crippen MR) is 158 cm³/mol.